The Morgan fingerprint density at radius 2 is 2.13 bits per heavy atom. The van der Waals surface area contributed by atoms with E-state index in [1.54, 1.807) is 13.3 Å². The first kappa shape index (κ1) is 11.6. The Balaban J connectivity index is 2.79. The smallest absolute Gasteiger partial charge is 0.171 e. The summed E-state index contributed by atoms with van der Waals surface area (Å²) in [5, 5.41) is 8.76. The lowest BCUT2D eigenvalue weighted by atomic mass is 10.1. The van der Waals surface area contributed by atoms with Crippen molar-refractivity contribution in [3.05, 3.63) is 36.2 Å². The second-order valence-electron chi connectivity index (χ2n) is 3.31. The van der Waals surface area contributed by atoms with Crippen molar-refractivity contribution in [2.75, 3.05) is 13.7 Å². The van der Waals surface area contributed by atoms with Crippen LogP contribution in [-0.4, -0.2) is 25.0 Å². The second-order valence-corrected chi connectivity index (χ2v) is 3.31. The van der Waals surface area contributed by atoms with Gasteiger partial charge in [-0.1, -0.05) is 0 Å². The summed E-state index contributed by atoms with van der Waals surface area (Å²) in [4.78, 5) is 3.91. The summed E-state index contributed by atoms with van der Waals surface area (Å²) < 4.78 is 1.95. The van der Waals surface area contributed by atoms with E-state index in [4.69, 9.17) is 5.11 Å². The molecule has 1 heterocycles. The van der Waals surface area contributed by atoms with Gasteiger partial charge in [-0.05, 0) is 24.1 Å². The van der Waals surface area contributed by atoms with Gasteiger partial charge in [0.25, 0.3) is 0 Å². The Bertz CT molecular complexity index is 352. The summed E-state index contributed by atoms with van der Waals surface area (Å²) in [5.74, 6) is 0. The van der Waals surface area contributed by atoms with E-state index in [2.05, 4.69) is 4.99 Å². The van der Waals surface area contributed by atoms with E-state index in [0.717, 1.165) is 0 Å². The van der Waals surface area contributed by atoms with Crippen LogP contribution in [0.4, 0.5) is 0 Å². The molecule has 0 saturated carbocycles. The predicted molar refractivity (Wildman–Crippen MR) is 61.8 cm³/mol. The van der Waals surface area contributed by atoms with Crippen LogP contribution in [0.5, 0.6) is 0 Å². The van der Waals surface area contributed by atoms with Gasteiger partial charge >= 0.3 is 0 Å². The van der Waals surface area contributed by atoms with Gasteiger partial charge in [0.1, 0.15) is 6.61 Å². The molecule has 0 amide bonds. The quantitative estimate of drug-likeness (QED) is 0.579. The van der Waals surface area contributed by atoms with E-state index in [-0.39, 0.29) is 6.61 Å². The van der Waals surface area contributed by atoms with Gasteiger partial charge in [0, 0.05) is 25.4 Å². The molecular weight excluding hydrogens is 188 g/mol. The van der Waals surface area contributed by atoms with Crippen molar-refractivity contribution >= 4 is 11.8 Å². The summed E-state index contributed by atoms with van der Waals surface area (Å²) in [5.41, 5.74) is 2.35. The molecular formula is C12H17N2O+. The van der Waals surface area contributed by atoms with Gasteiger partial charge in [0.05, 0.1) is 0 Å². The van der Waals surface area contributed by atoms with Crippen LogP contribution in [0.15, 0.2) is 35.6 Å². The fraction of sp³-hybridized carbons (Fsp3) is 0.333. The van der Waals surface area contributed by atoms with Crippen LogP contribution in [0, 0.1) is 0 Å². The van der Waals surface area contributed by atoms with Crippen molar-refractivity contribution in [2.45, 2.75) is 13.5 Å². The number of aliphatic hydroxyl groups excluding tert-OH is 1. The zero-order valence-corrected chi connectivity index (χ0v) is 9.22. The van der Waals surface area contributed by atoms with Crippen molar-refractivity contribution in [2.24, 2.45) is 4.99 Å². The molecule has 0 radical (unpaired) electrons. The Morgan fingerprint density at radius 3 is 2.67 bits per heavy atom. The molecule has 1 rings (SSSR count). The van der Waals surface area contributed by atoms with E-state index >= 15 is 0 Å². The summed E-state index contributed by atoms with van der Waals surface area (Å²) >= 11 is 0. The first-order valence-electron chi connectivity index (χ1n) is 4.97. The highest BCUT2D eigenvalue weighted by Gasteiger charge is 2.00. The van der Waals surface area contributed by atoms with Crippen LogP contribution in [-0.2, 0) is 6.54 Å². The third-order valence-corrected chi connectivity index (χ3v) is 2.18. The molecule has 0 atom stereocenters. The molecule has 0 bridgehead atoms. The molecule has 15 heavy (non-hydrogen) atoms. The minimum atomic E-state index is 0.168. The van der Waals surface area contributed by atoms with Gasteiger partial charge in [-0.15, -0.1) is 0 Å². The van der Waals surface area contributed by atoms with Crippen LogP contribution in [0.1, 0.15) is 12.5 Å². The molecule has 1 aromatic heterocycles. The summed E-state index contributed by atoms with van der Waals surface area (Å²) in [6, 6.07) is 4.07. The van der Waals surface area contributed by atoms with E-state index in [1.165, 1.54) is 11.1 Å². The molecule has 0 fully saturated rings. The maximum absolute atomic E-state index is 8.76. The van der Waals surface area contributed by atoms with Crippen molar-refractivity contribution in [1.82, 2.24) is 0 Å². The zero-order chi connectivity index (χ0) is 11.1. The number of nitrogens with zero attached hydrogens (tertiary/aromatic N) is 2. The topological polar surface area (TPSA) is 36.5 Å². The minimum Gasteiger partial charge on any atom is -0.390 e. The first-order valence-corrected chi connectivity index (χ1v) is 4.97. The average Bonchev–Trinajstić information content (AvgIpc) is 2.27. The Hall–Kier alpha value is -1.48. The maximum atomic E-state index is 8.76. The van der Waals surface area contributed by atoms with Gasteiger partial charge in [0.2, 0.25) is 0 Å². The molecule has 0 saturated heterocycles. The van der Waals surface area contributed by atoms with E-state index < -0.39 is 0 Å². The maximum Gasteiger partial charge on any atom is 0.171 e. The van der Waals surface area contributed by atoms with E-state index in [1.807, 2.05) is 42.1 Å². The molecule has 1 aromatic rings. The van der Waals surface area contributed by atoms with E-state index in [9.17, 15) is 0 Å². The lowest BCUT2D eigenvalue weighted by molar-refractivity contribution is -0.698. The van der Waals surface area contributed by atoms with Gasteiger partial charge in [-0.25, -0.2) is 4.57 Å². The largest absolute Gasteiger partial charge is 0.390 e. The van der Waals surface area contributed by atoms with Crippen molar-refractivity contribution in [3.8, 4) is 0 Å². The highest BCUT2D eigenvalue weighted by Crippen LogP contribution is 2.09. The number of allylic oxidation sites excluding steroid dienone is 2. The number of hydrogen-bond donors (Lipinski definition) is 1. The number of hydrogen-bond acceptors (Lipinski definition) is 2. The van der Waals surface area contributed by atoms with Gasteiger partial charge in [0.15, 0.2) is 18.9 Å². The monoisotopic (exact) mass is 205 g/mol. The third-order valence-electron chi connectivity index (χ3n) is 2.18. The molecule has 80 valence electrons. The average molecular weight is 205 g/mol. The third kappa shape index (κ3) is 3.64. The summed E-state index contributed by atoms with van der Waals surface area (Å²) in [7, 11) is 1.75. The Labute approximate surface area is 90.4 Å². The number of aliphatic imine (C=N–C) groups is 1. The molecule has 1 N–H and O–H groups in total. The van der Waals surface area contributed by atoms with Gasteiger partial charge in [-0.2, -0.15) is 0 Å². The molecule has 3 heteroatoms. The number of pyridine rings is 1. The van der Waals surface area contributed by atoms with Crippen LogP contribution < -0.4 is 4.57 Å². The highest BCUT2D eigenvalue weighted by molar-refractivity contribution is 5.83. The predicted octanol–water partition coefficient (Wildman–Crippen LogP) is 1.07. The lowest BCUT2D eigenvalue weighted by Crippen LogP contribution is -2.34. The number of rotatable bonds is 4. The van der Waals surface area contributed by atoms with Crippen LogP contribution in [0.25, 0.3) is 5.57 Å². The Morgan fingerprint density at radius 1 is 1.47 bits per heavy atom. The molecule has 0 spiro atoms. The van der Waals surface area contributed by atoms with E-state index in [0.29, 0.717) is 6.54 Å². The molecule has 0 aliphatic rings. The molecule has 0 aromatic carbocycles. The van der Waals surface area contributed by atoms with Crippen molar-refractivity contribution in [1.29, 1.82) is 0 Å². The fourth-order valence-corrected chi connectivity index (χ4v) is 1.27. The van der Waals surface area contributed by atoms with Crippen LogP contribution in [0.2, 0.25) is 0 Å². The molecule has 0 unspecified atom stereocenters. The number of aromatic nitrogens is 1. The molecule has 3 nitrogen and oxygen atoms in total. The minimum absolute atomic E-state index is 0.168. The highest BCUT2D eigenvalue weighted by atomic mass is 16.3. The zero-order valence-electron chi connectivity index (χ0n) is 9.22. The van der Waals surface area contributed by atoms with Crippen molar-refractivity contribution < 1.29 is 9.67 Å². The normalized spacial score (nSPS) is 12.3. The summed E-state index contributed by atoms with van der Waals surface area (Å²) in [6.45, 7) is 2.86. The fourth-order valence-electron chi connectivity index (χ4n) is 1.27. The number of aliphatic hydroxyl groups is 1. The summed E-state index contributed by atoms with van der Waals surface area (Å²) in [6.07, 6.45) is 7.69. The standard InChI is InChI=1S/C12H17N2O/c1-11(3-6-13-2)12-4-7-14(8-5-12)9-10-15/h3-8,15H,9-10H2,1-2H3/q+1/b11-3+,13-6+. The molecule has 0 aliphatic heterocycles. The van der Waals surface area contributed by atoms with Gasteiger partial charge < -0.3 is 5.11 Å². The second kappa shape index (κ2) is 6.09. The first-order chi connectivity index (χ1) is 7.27. The Kier molecular flexibility index (Phi) is 4.71. The van der Waals surface area contributed by atoms with Crippen LogP contribution in [0.3, 0.4) is 0 Å². The van der Waals surface area contributed by atoms with Crippen molar-refractivity contribution in [3.63, 3.8) is 0 Å². The van der Waals surface area contributed by atoms with Gasteiger partial charge in [-0.3, -0.25) is 4.99 Å². The SMILES string of the molecule is C/N=C/C=C(\C)c1cc[n+](CCO)cc1. The molecule has 0 aliphatic carbocycles. The lowest BCUT2D eigenvalue weighted by Gasteiger charge is -1.99. The van der Waals surface area contributed by atoms with Crippen LogP contribution >= 0.6 is 0 Å².